The van der Waals surface area contributed by atoms with Crippen LogP contribution in [0.15, 0.2) is 48.6 Å². The zero-order valence-corrected chi connectivity index (χ0v) is 9.59. The Labute approximate surface area is 88.1 Å². The maximum atomic E-state index is 3.70. The zero-order chi connectivity index (χ0) is 11.0. The smallest absolute Gasteiger partial charge is 0.0237 e. The average Bonchev–Trinajstić information content (AvgIpc) is 2.51. The predicted molar refractivity (Wildman–Crippen MR) is 65.4 cm³/mol. The summed E-state index contributed by atoms with van der Waals surface area (Å²) in [4.78, 5) is 2.27. The summed E-state index contributed by atoms with van der Waals surface area (Å²) < 4.78 is 0. The van der Waals surface area contributed by atoms with E-state index in [4.69, 9.17) is 0 Å². The molecule has 1 aliphatic rings. The largest absolute Gasteiger partial charge is 0.298 e. The van der Waals surface area contributed by atoms with Crippen molar-refractivity contribution in [1.29, 1.82) is 0 Å². The maximum absolute atomic E-state index is 3.70. The van der Waals surface area contributed by atoms with Crippen LogP contribution >= 0.6 is 0 Å². The molecule has 1 fully saturated rings. The molecule has 0 atom stereocenters. The summed E-state index contributed by atoms with van der Waals surface area (Å²) in [5.41, 5.74) is 2.71. The van der Waals surface area contributed by atoms with E-state index in [1.165, 1.54) is 11.1 Å². The maximum Gasteiger partial charge on any atom is 0.0237 e. The Morgan fingerprint density at radius 1 is 1.00 bits per heavy atom. The van der Waals surface area contributed by atoms with Crippen LogP contribution in [0, 0.1) is 0 Å². The third kappa shape index (κ3) is 3.75. The molecule has 0 spiro atoms. The molecule has 1 nitrogen and oxygen atoms in total. The van der Waals surface area contributed by atoms with Crippen molar-refractivity contribution in [2.24, 2.45) is 0 Å². The highest BCUT2D eigenvalue weighted by molar-refractivity contribution is 5.41. The molecule has 1 aliphatic heterocycles. The lowest BCUT2D eigenvalue weighted by molar-refractivity contribution is 0.437. The van der Waals surface area contributed by atoms with Gasteiger partial charge in [0.05, 0.1) is 0 Å². The average molecular weight is 191 g/mol. The van der Waals surface area contributed by atoms with Gasteiger partial charge in [0.1, 0.15) is 0 Å². The number of allylic oxidation sites excluding steroid dienone is 4. The highest BCUT2D eigenvalue weighted by Crippen LogP contribution is 2.20. The number of likely N-dealkylation sites (N-methyl/N-ethyl adjacent to an activating group) is 1. The normalized spacial score (nSPS) is 21.9. The van der Waals surface area contributed by atoms with Gasteiger partial charge in [0.15, 0.2) is 0 Å². The summed E-state index contributed by atoms with van der Waals surface area (Å²) >= 11 is 0. The van der Waals surface area contributed by atoms with Crippen molar-refractivity contribution in [2.75, 3.05) is 20.1 Å². The molecule has 0 aliphatic carbocycles. The molecule has 1 heteroatoms. The molecule has 0 aromatic heterocycles. The summed E-state index contributed by atoms with van der Waals surface area (Å²) in [6, 6.07) is 0. The van der Waals surface area contributed by atoms with Crippen LogP contribution in [0.5, 0.6) is 0 Å². The third-order valence-corrected chi connectivity index (χ3v) is 1.93. The minimum atomic E-state index is 1.02. The van der Waals surface area contributed by atoms with Crippen LogP contribution in [-0.2, 0) is 0 Å². The lowest BCUT2D eigenvalue weighted by Gasteiger charge is -2.01. The molecule has 0 N–H and O–H groups in total. The van der Waals surface area contributed by atoms with Crippen LogP contribution < -0.4 is 0 Å². The summed E-state index contributed by atoms with van der Waals surface area (Å²) in [6.45, 7) is 13.4. The molecule has 0 saturated carbocycles. The molecule has 1 rings (SSSR count). The van der Waals surface area contributed by atoms with Crippen LogP contribution in [0.4, 0.5) is 0 Å². The minimum absolute atomic E-state index is 1.02. The molecule has 1 saturated heterocycles. The Bertz CT molecular complexity index is 220. The molecule has 0 unspecified atom stereocenters. The number of hydrogen-bond acceptors (Lipinski definition) is 1. The van der Waals surface area contributed by atoms with E-state index < -0.39 is 0 Å². The second-order valence-electron chi connectivity index (χ2n) is 3.03. The van der Waals surface area contributed by atoms with Crippen LogP contribution in [0.3, 0.4) is 0 Å². The first kappa shape index (κ1) is 12.9. The van der Waals surface area contributed by atoms with Crippen molar-refractivity contribution >= 4 is 0 Å². The van der Waals surface area contributed by atoms with E-state index in [-0.39, 0.29) is 0 Å². The first-order valence-corrected chi connectivity index (χ1v) is 5.10. The molecular weight excluding hydrogens is 170 g/mol. The number of likely N-dealkylation sites (tertiary alicyclic amines) is 1. The van der Waals surface area contributed by atoms with Crippen molar-refractivity contribution in [1.82, 2.24) is 4.90 Å². The highest BCUT2D eigenvalue weighted by atomic mass is 15.1. The van der Waals surface area contributed by atoms with Gasteiger partial charge in [-0.2, -0.15) is 0 Å². The van der Waals surface area contributed by atoms with E-state index in [2.05, 4.69) is 37.3 Å². The van der Waals surface area contributed by atoms with Crippen LogP contribution in [-0.4, -0.2) is 25.0 Å². The zero-order valence-electron chi connectivity index (χ0n) is 9.59. The van der Waals surface area contributed by atoms with Gasteiger partial charge < -0.3 is 0 Å². The molecule has 0 aromatic carbocycles. The predicted octanol–water partition coefficient (Wildman–Crippen LogP) is 3.18. The monoisotopic (exact) mass is 191 g/mol. The Balaban J connectivity index is 0.000000791. The Hall–Kier alpha value is -1.08. The molecule has 14 heavy (non-hydrogen) atoms. The van der Waals surface area contributed by atoms with E-state index in [0.29, 0.717) is 0 Å². The lowest BCUT2D eigenvalue weighted by Crippen LogP contribution is -2.11. The van der Waals surface area contributed by atoms with Gasteiger partial charge in [0.25, 0.3) is 0 Å². The van der Waals surface area contributed by atoms with E-state index in [0.717, 1.165) is 13.1 Å². The summed E-state index contributed by atoms with van der Waals surface area (Å²) in [5.74, 6) is 0. The quantitative estimate of drug-likeness (QED) is 0.648. The van der Waals surface area contributed by atoms with Gasteiger partial charge in [-0.25, -0.2) is 0 Å². The molecule has 1 heterocycles. The first-order valence-electron chi connectivity index (χ1n) is 5.10. The summed E-state index contributed by atoms with van der Waals surface area (Å²) in [7, 11) is 2.11. The van der Waals surface area contributed by atoms with Crippen LogP contribution in [0.2, 0.25) is 0 Å². The van der Waals surface area contributed by atoms with Crippen molar-refractivity contribution in [2.45, 2.75) is 13.8 Å². The molecule has 0 aromatic rings. The van der Waals surface area contributed by atoms with E-state index in [1.54, 1.807) is 0 Å². The third-order valence-electron chi connectivity index (χ3n) is 1.93. The number of nitrogens with zero attached hydrogens (tertiary/aromatic N) is 1. The van der Waals surface area contributed by atoms with Gasteiger partial charge in [-0.1, -0.05) is 51.3 Å². The summed E-state index contributed by atoms with van der Waals surface area (Å²) in [5, 5.41) is 0. The van der Waals surface area contributed by atoms with E-state index in [9.17, 15) is 0 Å². The van der Waals surface area contributed by atoms with Crippen LogP contribution in [0.1, 0.15) is 13.8 Å². The topological polar surface area (TPSA) is 3.24 Å². The molecular formula is C13H21N. The molecule has 0 radical (unpaired) electrons. The highest BCUT2D eigenvalue weighted by Gasteiger charge is 2.16. The molecule has 0 bridgehead atoms. The van der Waals surface area contributed by atoms with Gasteiger partial charge >= 0.3 is 0 Å². The van der Waals surface area contributed by atoms with E-state index >= 15 is 0 Å². The fourth-order valence-corrected chi connectivity index (χ4v) is 1.44. The van der Waals surface area contributed by atoms with Gasteiger partial charge in [-0.15, -0.1) is 0 Å². The standard InChI is InChI=1S/C11H15N.C2H6/c1-4-6-10-8-12(3)9-11(10)7-5-2;1-2/h4-7H,1-2,8-9H2,3H3;1-2H3/b10-6-,11-7-;. The minimum Gasteiger partial charge on any atom is -0.298 e. The number of rotatable bonds is 2. The lowest BCUT2D eigenvalue weighted by atomic mass is 10.1. The second kappa shape index (κ2) is 7.34. The first-order chi connectivity index (χ1) is 6.77. The van der Waals surface area contributed by atoms with Gasteiger partial charge in [-0.3, -0.25) is 4.90 Å². The molecule has 78 valence electrons. The fraction of sp³-hybridized carbons (Fsp3) is 0.385. The van der Waals surface area contributed by atoms with Crippen molar-refractivity contribution in [3.63, 3.8) is 0 Å². The second-order valence-corrected chi connectivity index (χ2v) is 3.03. The van der Waals surface area contributed by atoms with Gasteiger partial charge in [0.2, 0.25) is 0 Å². The van der Waals surface area contributed by atoms with Crippen molar-refractivity contribution in [3.05, 3.63) is 48.6 Å². The van der Waals surface area contributed by atoms with Crippen molar-refractivity contribution in [3.8, 4) is 0 Å². The Kier molecular flexibility index (Phi) is 6.77. The SMILES string of the molecule is C=C/C=C1/CN(C)C/C1=C/C=C.CC. The Morgan fingerprint density at radius 2 is 1.36 bits per heavy atom. The number of hydrogen-bond donors (Lipinski definition) is 0. The van der Waals surface area contributed by atoms with Gasteiger partial charge in [0, 0.05) is 13.1 Å². The van der Waals surface area contributed by atoms with E-state index in [1.807, 2.05) is 26.0 Å². The van der Waals surface area contributed by atoms with Crippen LogP contribution in [0.25, 0.3) is 0 Å². The van der Waals surface area contributed by atoms with Crippen molar-refractivity contribution < 1.29 is 0 Å². The fourth-order valence-electron chi connectivity index (χ4n) is 1.44. The molecule has 0 amide bonds. The summed E-state index contributed by atoms with van der Waals surface area (Å²) in [6.07, 6.45) is 7.81. The van der Waals surface area contributed by atoms with Gasteiger partial charge in [-0.05, 0) is 18.2 Å². The Morgan fingerprint density at radius 3 is 1.64 bits per heavy atom.